The summed E-state index contributed by atoms with van der Waals surface area (Å²) in [6, 6.07) is 15.7. The third-order valence-electron chi connectivity index (χ3n) is 6.42. The second-order valence-corrected chi connectivity index (χ2v) is 9.35. The smallest absolute Gasteiger partial charge is 0.236 e. The van der Waals surface area contributed by atoms with Gasteiger partial charge in [-0.05, 0) is 47.9 Å². The molecule has 4 heterocycles. The molecule has 0 spiro atoms. The fourth-order valence-electron chi connectivity index (χ4n) is 4.54. The summed E-state index contributed by atoms with van der Waals surface area (Å²) in [6.07, 6.45) is 2.60. The molecule has 2 aromatic heterocycles. The van der Waals surface area contributed by atoms with Crippen LogP contribution in [0.25, 0.3) is 0 Å². The molecule has 0 bridgehead atoms. The van der Waals surface area contributed by atoms with E-state index < -0.39 is 5.60 Å². The summed E-state index contributed by atoms with van der Waals surface area (Å²) >= 11 is 1.65. The molecule has 0 saturated carbocycles. The molecule has 1 N–H and O–H groups in total. The minimum atomic E-state index is -0.961. The van der Waals surface area contributed by atoms with Crippen LogP contribution in [0.3, 0.4) is 0 Å². The molecule has 0 aliphatic carbocycles. The number of aliphatic hydroxyl groups is 1. The lowest BCUT2D eigenvalue weighted by atomic mass is 9.87. The zero-order chi connectivity index (χ0) is 22.0. The maximum atomic E-state index is 13.2. The SMILES string of the molecule is O=C(CN1Cc2ccccc2OC(c2ccsc2)C1)N1CCC(O)(c2ccccn2)CC1. The lowest BCUT2D eigenvalue weighted by molar-refractivity contribution is -0.137. The minimum Gasteiger partial charge on any atom is -0.484 e. The molecule has 1 saturated heterocycles. The van der Waals surface area contributed by atoms with Crippen LogP contribution in [0.2, 0.25) is 0 Å². The summed E-state index contributed by atoms with van der Waals surface area (Å²) in [5.41, 5.74) is 1.97. The molecule has 1 amide bonds. The number of piperidine rings is 1. The predicted octanol–water partition coefficient (Wildman–Crippen LogP) is 3.59. The van der Waals surface area contributed by atoms with Crippen molar-refractivity contribution in [3.05, 3.63) is 82.3 Å². The molecular formula is C25H27N3O3S. The van der Waals surface area contributed by atoms with Gasteiger partial charge in [0, 0.05) is 43.5 Å². The van der Waals surface area contributed by atoms with Crippen molar-refractivity contribution in [2.45, 2.75) is 31.1 Å². The van der Waals surface area contributed by atoms with E-state index in [2.05, 4.69) is 32.8 Å². The maximum Gasteiger partial charge on any atom is 0.236 e. The van der Waals surface area contributed by atoms with E-state index in [0.29, 0.717) is 51.3 Å². The van der Waals surface area contributed by atoms with Gasteiger partial charge in [-0.15, -0.1) is 0 Å². The van der Waals surface area contributed by atoms with Crippen LogP contribution in [-0.4, -0.2) is 52.0 Å². The van der Waals surface area contributed by atoms with Crippen molar-refractivity contribution in [2.24, 2.45) is 0 Å². The van der Waals surface area contributed by atoms with Crippen LogP contribution < -0.4 is 4.74 Å². The van der Waals surface area contributed by atoms with Gasteiger partial charge in [-0.3, -0.25) is 14.7 Å². The molecule has 1 fully saturated rings. The van der Waals surface area contributed by atoms with Crippen LogP contribution in [0.5, 0.6) is 5.75 Å². The summed E-state index contributed by atoms with van der Waals surface area (Å²) in [6.45, 7) is 2.72. The van der Waals surface area contributed by atoms with Crippen LogP contribution in [0.1, 0.15) is 35.8 Å². The standard InChI is InChI=1S/C25H27N3O3S/c29-24(28-12-9-25(30,10-13-28)23-7-3-4-11-26-23)17-27-15-19-5-1-2-6-21(19)31-22(16-27)20-8-14-32-18-20/h1-8,11,14,18,22,30H,9-10,12-13,15-17H2. The molecule has 2 aliphatic heterocycles. The number of carbonyl (C=O) groups excluding carboxylic acids is 1. The average Bonchev–Trinajstić information content (AvgIpc) is 3.29. The highest BCUT2D eigenvalue weighted by Crippen LogP contribution is 2.33. The third kappa shape index (κ3) is 4.41. The number of thiophene rings is 1. The second kappa shape index (κ2) is 9.02. The van der Waals surface area contributed by atoms with Gasteiger partial charge in [0.2, 0.25) is 5.91 Å². The molecule has 5 rings (SSSR count). The number of nitrogens with zero attached hydrogens (tertiary/aromatic N) is 3. The number of hydrogen-bond donors (Lipinski definition) is 1. The number of para-hydroxylation sites is 1. The number of carbonyl (C=O) groups is 1. The summed E-state index contributed by atoms with van der Waals surface area (Å²) in [5, 5.41) is 15.2. The van der Waals surface area contributed by atoms with E-state index in [1.807, 2.05) is 41.3 Å². The van der Waals surface area contributed by atoms with Crippen LogP contribution >= 0.6 is 11.3 Å². The van der Waals surface area contributed by atoms with Crippen molar-refractivity contribution in [1.82, 2.24) is 14.8 Å². The number of aromatic nitrogens is 1. The Morgan fingerprint density at radius 3 is 2.72 bits per heavy atom. The Labute approximate surface area is 192 Å². The highest BCUT2D eigenvalue weighted by molar-refractivity contribution is 7.07. The molecule has 32 heavy (non-hydrogen) atoms. The molecule has 166 valence electrons. The molecule has 2 aliphatic rings. The van der Waals surface area contributed by atoms with Gasteiger partial charge in [-0.2, -0.15) is 11.3 Å². The highest BCUT2D eigenvalue weighted by Gasteiger charge is 2.37. The fraction of sp³-hybridized carbons (Fsp3) is 0.360. The second-order valence-electron chi connectivity index (χ2n) is 8.57. The monoisotopic (exact) mass is 449 g/mol. The number of fused-ring (bicyclic) bond motifs is 1. The van der Waals surface area contributed by atoms with Crippen molar-refractivity contribution in [3.8, 4) is 5.75 Å². The van der Waals surface area contributed by atoms with E-state index >= 15 is 0 Å². The van der Waals surface area contributed by atoms with Gasteiger partial charge in [0.15, 0.2) is 0 Å². The van der Waals surface area contributed by atoms with Gasteiger partial charge in [0.05, 0.1) is 12.2 Å². The Balaban J connectivity index is 1.26. The molecule has 1 aromatic carbocycles. The van der Waals surface area contributed by atoms with Crippen molar-refractivity contribution in [3.63, 3.8) is 0 Å². The highest BCUT2D eigenvalue weighted by atomic mass is 32.1. The summed E-state index contributed by atoms with van der Waals surface area (Å²) < 4.78 is 6.33. The largest absolute Gasteiger partial charge is 0.484 e. The van der Waals surface area contributed by atoms with Crippen molar-refractivity contribution >= 4 is 17.2 Å². The number of benzene rings is 1. The molecule has 7 heteroatoms. The molecule has 3 aromatic rings. The molecule has 1 atom stereocenters. The normalized spacial score (nSPS) is 20.8. The number of ether oxygens (including phenoxy) is 1. The van der Waals surface area contributed by atoms with E-state index in [4.69, 9.17) is 4.74 Å². The van der Waals surface area contributed by atoms with E-state index in [9.17, 15) is 9.90 Å². The Kier molecular flexibility index (Phi) is 5.95. The molecule has 6 nitrogen and oxygen atoms in total. The average molecular weight is 450 g/mol. The number of rotatable bonds is 4. The first-order valence-electron chi connectivity index (χ1n) is 11.0. The molecular weight excluding hydrogens is 422 g/mol. The van der Waals surface area contributed by atoms with Crippen LogP contribution in [0, 0.1) is 0 Å². The van der Waals surface area contributed by atoms with Gasteiger partial charge in [0.1, 0.15) is 17.5 Å². The summed E-state index contributed by atoms with van der Waals surface area (Å²) in [7, 11) is 0. The lowest BCUT2D eigenvalue weighted by Crippen LogP contribution is -2.48. The number of hydrogen-bond acceptors (Lipinski definition) is 6. The van der Waals surface area contributed by atoms with E-state index in [-0.39, 0.29) is 12.0 Å². The Morgan fingerprint density at radius 2 is 1.97 bits per heavy atom. The maximum absolute atomic E-state index is 13.2. The van der Waals surface area contributed by atoms with Crippen LogP contribution in [-0.2, 0) is 16.9 Å². The molecule has 1 unspecified atom stereocenters. The Morgan fingerprint density at radius 1 is 1.16 bits per heavy atom. The van der Waals surface area contributed by atoms with Crippen molar-refractivity contribution in [2.75, 3.05) is 26.2 Å². The van der Waals surface area contributed by atoms with Gasteiger partial charge >= 0.3 is 0 Å². The first-order valence-corrected chi connectivity index (χ1v) is 12.0. The quantitative estimate of drug-likeness (QED) is 0.660. The van der Waals surface area contributed by atoms with E-state index in [0.717, 1.165) is 16.9 Å². The Bertz CT molecular complexity index is 1050. The zero-order valence-corrected chi connectivity index (χ0v) is 18.7. The number of likely N-dealkylation sites (tertiary alicyclic amines) is 1. The Hall–Kier alpha value is -2.74. The van der Waals surface area contributed by atoms with Crippen molar-refractivity contribution < 1.29 is 14.6 Å². The summed E-state index contributed by atoms with van der Waals surface area (Å²) in [5.74, 6) is 0.980. The van der Waals surface area contributed by atoms with Gasteiger partial charge < -0.3 is 14.7 Å². The van der Waals surface area contributed by atoms with Gasteiger partial charge in [-0.1, -0.05) is 24.3 Å². The fourth-order valence-corrected chi connectivity index (χ4v) is 5.25. The first-order chi connectivity index (χ1) is 15.6. The van der Waals surface area contributed by atoms with Crippen molar-refractivity contribution in [1.29, 1.82) is 0 Å². The van der Waals surface area contributed by atoms with Gasteiger partial charge in [-0.25, -0.2) is 0 Å². The van der Waals surface area contributed by atoms with E-state index in [1.165, 1.54) is 0 Å². The zero-order valence-electron chi connectivity index (χ0n) is 17.9. The third-order valence-corrected chi connectivity index (χ3v) is 7.12. The minimum absolute atomic E-state index is 0.0940. The lowest BCUT2D eigenvalue weighted by Gasteiger charge is -2.38. The first kappa shape index (κ1) is 21.1. The van der Waals surface area contributed by atoms with E-state index in [1.54, 1.807) is 17.5 Å². The summed E-state index contributed by atoms with van der Waals surface area (Å²) in [4.78, 5) is 21.6. The number of pyridine rings is 1. The molecule has 0 radical (unpaired) electrons. The van der Waals surface area contributed by atoms with Gasteiger partial charge in [0.25, 0.3) is 0 Å². The van der Waals surface area contributed by atoms with Crippen LogP contribution in [0.4, 0.5) is 0 Å². The van der Waals surface area contributed by atoms with Crippen LogP contribution in [0.15, 0.2) is 65.5 Å². The predicted molar refractivity (Wildman–Crippen MR) is 123 cm³/mol. The topological polar surface area (TPSA) is 65.9 Å². The number of amides is 1.